The number of aromatic nitrogens is 1. The molecule has 1 aromatic heterocycles. The predicted molar refractivity (Wildman–Crippen MR) is 115 cm³/mol. The van der Waals surface area contributed by atoms with Gasteiger partial charge >= 0.3 is 0 Å². The van der Waals surface area contributed by atoms with Crippen molar-refractivity contribution in [1.29, 1.82) is 0 Å². The molecular formula is C19H21N3O3S3. The largest absolute Gasteiger partial charge is 0.325 e. The summed E-state index contributed by atoms with van der Waals surface area (Å²) in [5.41, 5.74) is 0.907. The lowest BCUT2D eigenvalue weighted by Crippen LogP contribution is -2.40. The first-order valence-corrected chi connectivity index (χ1v) is 11.8. The summed E-state index contributed by atoms with van der Waals surface area (Å²) in [6, 6.07) is 14.0. The molecule has 2 N–H and O–H groups in total. The van der Waals surface area contributed by atoms with E-state index >= 15 is 0 Å². The molecular weight excluding hydrogens is 414 g/mol. The third kappa shape index (κ3) is 5.54. The van der Waals surface area contributed by atoms with E-state index in [-0.39, 0.29) is 16.6 Å². The third-order valence-corrected chi connectivity index (χ3v) is 7.44. The minimum absolute atomic E-state index is 0.157. The monoisotopic (exact) mass is 435 g/mol. The number of anilines is 1. The van der Waals surface area contributed by atoms with E-state index in [0.717, 1.165) is 14.6 Å². The first kappa shape index (κ1) is 20.8. The molecule has 0 spiro atoms. The van der Waals surface area contributed by atoms with Crippen LogP contribution in [0.2, 0.25) is 0 Å². The van der Waals surface area contributed by atoms with Gasteiger partial charge in [-0.15, -0.1) is 11.3 Å². The fourth-order valence-electron chi connectivity index (χ4n) is 2.42. The Morgan fingerprint density at radius 1 is 1.11 bits per heavy atom. The molecule has 0 aliphatic rings. The van der Waals surface area contributed by atoms with Crippen LogP contribution in [0.3, 0.4) is 0 Å². The van der Waals surface area contributed by atoms with E-state index in [9.17, 15) is 13.2 Å². The summed E-state index contributed by atoms with van der Waals surface area (Å²) in [4.78, 5) is 16.8. The van der Waals surface area contributed by atoms with E-state index in [1.807, 2.05) is 24.3 Å². The Hall–Kier alpha value is -1.94. The molecule has 0 aliphatic carbocycles. The van der Waals surface area contributed by atoms with Gasteiger partial charge in [-0.3, -0.25) is 4.79 Å². The van der Waals surface area contributed by atoms with Crippen LogP contribution in [-0.2, 0) is 14.8 Å². The number of thiazole rings is 1. The zero-order valence-corrected chi connectivity index (χ0v) is 18.2. The quantitative estimate of drug-likeness (QED) is 0.569. The van der Waals surface area contributed by atoms with Crippen LogP contribution in [0.25, 0.3) is 10.2 Å². The van der Waals surface area contributed by atoms with Crippen LogP contribution in [0.5, 0.6) is 0 Å². The number of nitrogens with one attached hydrogen (secondary N) is 2. The van der Waals surface area contributed by atoms with Gasteiger partial charge in [0.25, 0.3) is 0 Å². The van der Waals surface area contributed by atoms with Gasteiger partial charge in [0.2, 0.25) is 15.9 Å². The number of fused-ring (bicyclic) bond motifs is 1. The van der Waals surface area contributed by atoms with Crippen LogP contribution in [0.15, 0.2) is 57.8 Å². The number of nitrogens with zero attached hydrogens (tertiary/aromatic N) is 1. The molecule has 3 aromatic rings. The van der Waals surface area contributed by atoms with Crippen molar-refractivity contribution in [3.8, 4) is 0 Å². The maximum atomic E-state index is 12.3. The first-order valence-electron chi connectivity index (χ1n) is 8.55. The summed E-state index contributed by atoms with van der Waals surface area (Å²) >= 11 is 2.93. The number of hydrogen-bond acceptors (Lipinski definition) is 6. The minimum atomic E-state index is -3.60. The number of rotatable bonds is 6. The highest BCUT2D eigenvalue weighted by atomic mass is 32.2. The summed E-state index contributed by atoms with van der Waals surface area (Å²) in [5, 5.41) is 2.77. The lowest BCUT2D eigenvalue weighted by molar-refractivity contribution is -0.113. The number of hydrogen-bond donors (Lipinski definition) is 2. The molecule has 0 radical (unpaired) electrons. The average molecular weight is 436 g/mol. The van der Waals surface area contributed by atoms with Gasteiger partial charge in [0, 0.05) is 11.2 Å². The second-order valence-electron chi connectivity index (χ2n) is 7.16. The highest BCUT2D eigenvalue weighted by molar-refractivity contribution is 8.01. The van der Waals surface area contributed by atoms with Gasteiger partial charge in [0.15, 0.2) is 4.34 Å². The smallest absolute Gasteiger partial charge is 0.241 e. The van der Waals surface area contributed by atoms with Crippen LogP contribution in [0, 0.1) is 0 Å². The van der Waals surface area contributed by atoms with Crippen LogP contribution in [0.4, 0.5) is 5.69 Å². The summed E-state index contributed by atoms with van der Waals surface area (Å²) in [6.07, 6.45) is 0. The van der Waals surface area contributed by atoms with Crippen molar-refractivity contribution in [1.82, 2.24) is 9.71 Å². The normalized spacial score (nSPS) is 12.2. The van der Waals surface area contributed by atoms with Crippen molar-refractivity contribution in [3.63, 3.8) is 0 Å². The van der Waals surface area contributed by atoms with Crippen molar-refractivity contribution in [2.24, 2.45) is 0 Å². The molecule has 0 saturated carbocycles. The summed E-state index contributed by atoms with van der Waals surface area (Å²) in [6.45, 7) is 5.34. The van der Waals surface area contributed by atoms with Crippen LogP contribution in [0.1, 0.15) is 20.8 Å². The van der Waals surface area contributed by atoms with Crippen molar-refractivity contribution >= 4 is 54.9 Å². The van der Waals surface area contributed by atoms with Crippen molar-refractivity contribution in [2.75, 3.05) is 11.1 Å². The molecule has 0 bridgehead atoms. The molecule has 3 rings (SSSR count). The molecule has 0 aliphatic heterocycles. The molecule has 28 heavy (non-hydrogen) atoms. The highest BCUT2D eigenvalue weighted by Crippen LogP contribution is 2.29. The molecule has 0 saturated heterocycles. The van der Waals surface area contributed by atoms with Gasteiger partial charge in [0.1, 0.15) is 0 Å². The van der Waals surface area contributed by atoms with E-state index in [1.54, 1.807) is 44.2 Å². The van der Waals surface area contributed by atoms with E-state index in [1.165, 1.54) is 23.9 Å². The van der Waals surface area contributed by atoms with Gasteiger partial charge in [-0.25, -0.2) is 18.1 Å². The zero-order valence-electron chi connectivity index (χ0n) is 15.7. The van der Waals surface area contributed by atoms with E-state index in [4.69, 9.17) is 0 Å². The minimum Gasteiger partial charge on any atom is -0.325 e. The second-order valence-corrected chi connectivity index (χ2v) is 11.1. The average Bonchev–Trinajstić information content (AvgIpc) is 3.01. The van der Waals surface area contributed by atoms with Gasteiger partial charge in [-0.1, -0.05) is 23.9 Å². The predicted octanol–water partition coefficient (Wildman–Crippen LogP) is 4.10. The number of thioether (sulfide) groups is 1. The molecule has 1 amide bonds. The molecule has 0 fully saturated rings. The van der Waals surface area contributed by atoms with Gasteiger partial charge in [0.05, 0.1) is 20.9 Å². The van der Waals surface area contributed by atoms with Gasteiger partial charge in [-0.05, 0) is 57.2 Å². The standard InChI is InChI=1S/C19H21N3O3S3/c1-19(2,3)22-28(24,25)14-10-8-13(9-11-14)20-17(23)12-26-18-21-15-6-4-5-7-16(15)27-18/h4-11,22H,12H2,1-3H3,(H,20,23). The van der Waals surface area contributed by atoms with E-state index in [2.05, 4.69) is 15.0 Å². The van der Waals surface area contributed by atoms with E-state index < -0.39 is 15.6 Å². The summed E-state index contributed by atoms with van der Waals surface area (Å²) < 4.78 is 29.1. The number of para-hydroxylation sites is 1. The third-order valence-electron chi connectivity index (χ3n) is 3.49. The molecule has 2 aromatic carbocycles. The van der Waals surface area contributed by atoms with Gasteiger partial charge < -0.3 is 5.32 Å². The molecule has 6 nitrogen and oxygen atoms in total. The SMILES string of the molecule is CC(C)(C)NS(=O)(=O)c1ccc(NC(=O)CSc2nc3ccccc3s2)cc1. The Labute approximate surface area is 172 Å². The second kappa shape index (κ2) is 8.20. The van der Waals surface area contributed by atoms with Crippen LogP contribution in [-0.4, -0.2) is 30.6 Å². The van der Waals surface area contributed by atoms with Gasteiger partial charge in [-0.2, -0.15) is 0 Å². The zero-order chi connectivity index (χ0) is 20.4. The fourth-order valence-corrected chi connectivity index (χ4v) is 5.70. The topological polar surface area (TPSA) is 88.2 Å². The Morgan fingerprint density at radius 3 is 2.43 bits per heavy atom. The fraction of sp³-hybridized carbons (Fsp3) is 0.263. The Morgan fingerprint density at radius 2 is 1.79 bits per heavy atom. The number of amides is 1. The lowest BCUT2D eigenvalue weighted by atomic mass is 10.1. The molecule has 1 heterocycles. The highest BCUT2D eigenvalue weighted by Gasteiger charge is 2.21. The number of carbonyl (C=O) groups excluding carboxylic acids is 1. The maximum absolute atomic E-state index is 12.3. The van der Waals surface area contributed by atoms with Crippen LogP contribution < -0.4 is 10.0 Å². The Bertz CT molecular complexity index is 1050. The number of carbonyl (C=O) groups is 1. The summed E-state index contributed by atoms with van der Waals surface area (Å²) in [5.74, 6) is 0.0542. The first-order chi connectivity index (χ1) is 13.1. The lowest BCUT2D eigenvalue weighted by Gasteiger charge is -2.20. The van der Waals surface area contributed by atoms with Crippen LogP contribution >= 0.6 is 23.1 Å². The van der Waals surface area contributed by atoms with E-state index in [0.29, 0.717) is 5.69 Å². The maximum Gasteiger partial charge on any atom is 0.241 e. The Balaban J connectivity index is 1.58. The number of benzene rings is 2. The Kier molecular flexibility index (Phi) is 6.09. The van der Waals surface area contributed by atoms with Crippen molar-refractivity contribution < 1.29 is 13.2 Å². The molecule has 0 atom stereocenters. The molecule has 148 valence electrons. The number of sulfonamides is 1. The van der Waals surface area contributed by atoms with Crippen molar-refractivity contribution in [3.05, 3.63) is 48.5 Å². The summed E-state index contributed by atoms with van der Waals surface area (Å²) in [7, 11) is -3.60. The van der Waals surface area contributed by atoms with Crippen molar-refractivity contribution in [2.45, 2.75) is 35.5 Å². The molecule has 9 heteroatoms. The molecule has 0 unspecified atom stereocenters.